The van der Waals surface area contributed by atoms with Crippen molar-refractivity contribution in [1.29, 1.82) is 0 Å². The highest BCUT2D eigenvalue weighted by atomic mass is 35.5. The summed E-state index contributed by atoms with van der Waals surface area (Å²) in [4.78, 5) is 34.0. The number of aliphatic imine (C=N–C) groups is 1. The number of carbonyl (C=O) groups excluding carboxylic acids is 2. The van der Waals surface area contributed by atoms with Crippen LogP contribution in [0.15, 0.2) is 76.6 Å². The number of halogens is 2. The predicted molar refractivity (Wildman–Crippen MR) is 157 cm³/mol. The summed E-state index contributed by atoms with van der Waals surface area (Å²) >= 11 is 7.65. The first-order valence-electron chi connectivity index (χ1n) is 12.5. The van der Waals surface area contributed by atoms with Crippen molar-refractivity contribution in [2.75, 3.05) is 50.2 Å². The molecule has 2 saturated heterocycles. The fourth-order valence-corrected chi connectivity index (χ4v) is 5.32. The molecule has 2 fully saturated rings. The van der Waals surface area contributed by atoms with Gasteiger partial charge in [-0.05, 0) is 71.9 Å². The molecule has 2 aliphatic heterocycles. The Morgan fingerprint density at radius 3 is 2.62 bits per heavy atom. The fraction of sp³-hybridized carbons (Fsp3) is 0.207. The number of nitrogens with one attached hydrogen (secondary N) is 1. The van der Waals surface area contributed by atoms with E-state index in [1.54, 1.807) is 37.4 Å². The molecular formula is C29H26ClFN4O4S. The van der Waals surface area contributed by atoms with E-state index in [0.29, 0.717) is 15.6 Å². The van der Waals surface area contributed by atoms with Gasteiger partial charge in [0.25, 0.3) is 11.8 Å². The predicted octanol–water partition coefficient (Wildman–Crippen LogP) is 5.57. The zero-order valence-electron chi connectivity index (χ0n) is 21.6. The van der Waals surface area contributed by atoms with Crippen LogP contribution in [-0.2, 0) is 14.3 Å². The average Bonchev–Trinajstić information content (AvgIpc) is 3.22. The second-order valence-electron chi connectivity index (χ2n) is 8.99. The first-order chi connectivity index (χ1) is 19.4. The zero-order valence-corrected chi connectivity index (χ0v) is 23.2. The average molecular weight is 581 g/mol. The summed E-state index contributed by atoms with van der Waals surface area (Å²) in [7, 11) is 1.69. The van der Waals surface area contributed by atoms with Gasteiger partial charge in [0, 0.05) is 25.8 Å². The van der Waals surface area contributed by atoms with Crippen LogP contribution < -0.4 is 15.0 Å². The largest absolute Gasteiger partial charge is 0.482 e. The minimum atomic E-state index is -0.536. The van der Waals surface area contributed by atoms with Crippen molar-refractivity contribution in [3.05, 3.63) is 88.0 Å². The molecule has 0 unspecified atom stereocenters. The number of likely N-dealkylation sites (N-methyl/N-ethyl adjacent to an activating group) is 1. The summed E-state index contributed by atoms with van der Waals surface area (Å²) in [5.74, 6) is -0.940. The number of benzene rings is 3. The van der Waals surface area contributed by atoms with E-state index in [0.717, 1.165) is 37.7 Å². The van der Waals surface area contributed by atoms with E-state index in [1.807, 2.05) is 24.3 Å². The van der Waals surface area contributed by atoms with Gasteiger partial charge in [-0.25, -0.2) is 9.38 Å². The van der Waals surface area contributed by atoms with Crippen LogP contribution >= 0.6 is 23.4 Å². The Morgan fingerprint density at radius 1 is 1.15 bits per heavy atom. The molecule has 206 valence electrons. The van der Waals surface area contributed by atoms with E-state index in [-0.39, 0.29) is 29.0 Å². The molecule has 2 heterocycles. The molecule has 1 N–H and O–H groups in total. The first-order valence-corrected chi connectivity index (χ1v) is 13.7. The van der Waals surface area contributed by atoms with Gasteiger partial charge in [0.2, 0.25) is 0 Å². The highest BCUT2D eigenvalue weighted by Gasteiger charge is 2.30. The summed E-state index contributed by atoms with van der Waals surface area (Å²) in [6.07, 6.45) is 1.73. The highest BCUT2D eigenvalue weighted by molar-refractivity contribution is 8.18. The summed E-state index contributed by atoms with van der Waals surface area (Å²) < 4.78 is 24.7. The number of amidine groups is 1. The maximum Gasteiger partial charge on any atom is 0.266 e. The maximum absolute atomic E-state index is 13.7. The van der Waals surface area contributed by atoms with Gasteiger partial charge in [-0.15, -0.1) is 0 Å². The van der Waals surface area contributed by atoms with Crippen LogP contribution in [0.4, 0.5) is 21.5 Å². The Kier molecular flexibility index (Phi) is 8.69. The second-order valence-corrected chi connectivity index (χ2v) is 10.4. The molecule has 3 aromatic rings. The van der Waals surface area contributed by atoms with E-state index in [2.05, 4.69) is 15.2 Å². The monoisotopic (exact) mass is 580 g/mol. The number of morpholine rings is 1. The maximum atomic E-state index is 13.7. The van der Waals surface area contributed by atoms with E-state index < -0.39 is 11.7 Å². The number of para-hydroxylation sites is 1. The third kappa shape index (κ3) is 6.64. The van der Waals surface area contributed by atoms with E-state index in [4.69, 9.17) is 21.1 Å². The summed E-state index contributed by atoms with van der Waals surface area (Å²) in [6, 6.07) is 18.8. The molecule has 2 amide bonds. The highest BCUT2D eigenvalue weighted by Crippen LogP contribution is 2.35. The topological polar surface area (TPSA) is 83.5 Å². The number of hydrogen-bond donors (Lipinski definition) is 1. The van der Waals surface area contributed by atoms with Crippen molar-refractivity contribution in [3.8, 4) is 5.75 Å². The number of amides is 2. The normalized spacial score (nSPS) is 17.5. The van der Waals surface area contributed by atoms with Gasteiger partial charge in [0.1, 0.15) is 11.6 Å². The quantitative estimate of drug-likeness (QED) is 0.368. The van der Waals surface area contributed by atoms with Crippen LogP contribution in [0.25, 0.3) is 6.08 Å². The number of nitrogens with zero attached hydrogens (tertiary/aromatic N) is 3. The molecule has 0 aromatic heterocycles. The molecule has 8 nitrogen and oxygen atoms in total. The third-order valence-corrected chi connectivity index (χ3v) is 7.57. The van der Waals surface area contributed by atoms with Gasteiger partial charge < -0.3 is 19.7 Å². The van der Waals surface area contributed by atoms with Gasteiger partial charge >= 0.3 is 0 Å². The standard InChI is InChI=1S/C29H26ClFN4O4S/c1-34-28(37)26(40-29(34)32-20-7-9-21(10-8-20)35-12-14-38-15-13-35)17-19-6-11-25(22(30)16-19)39-18-27(36)33-24-5-3-2-4-23(24)31/h2-11,16-17H,12-15,18H2,1H3,(H,33,36)/b26-17-,32-29?. The molecular weight excluding hydrogens is 555 g/mol. The third-order valence-electron chi connectivity index (χ3n) is 6.21. The van der Waals surface area contributed by atoms with E-state index >= 15 is 0 Å². The minimum Gasteiger partial charge on any atom is -0.482 e. The van der Waals surface area contributed by atoms with Gasteiger partial charge in [-0.2, -0.15) is 0 Å². The zero-order chi connectivity index (χ0) is 28.1. The second kappa shape index (κ2) is 12.5. The SMILES string of the molecule is CN1C(=O)/C(=C/c2ccc(OCC(=O)Nc3ccccc3F)c(Cl)c2)SC1=Nc1ccc(N2CCOCC2)cc1. The lowest BCUT2D eigenvalue weighted by molar-refractivity contribution is -0.121. The fourth-order valence-electron chi connectivity index (χ4n) is 4.09. The van der Waals surface area contributed by atoms with Crippen molar-refractivity contribution in [3.63, 3.8) is 0 Å². The van der Waals surface area contributed by atoms with Crippen LogP contribution in [0.2, 0.25) is 5.02 Å². The van der Waals surface area contributed by atoms with Crippen LogP contribution in [0.1, 0.15) is 5.56 Å². The van der Waals surface area contributed by atoms with Crippen LogP contribution in [0.5, 0.6) is 5.75 Å². The number of ether oxygens (including phenoxy) is 2. The lowest BCUT2D eigenvalue weighted by atomic mass is 10.2. The van der Waals surface area contributed by atoms with Crippen LogP contribution in [-0.4, -0.2) is 61.8 Å². The molecule has 0 radical (unpaired) electrons. The van der Waals surface area contributed by atoms with Gasteiger partial charge in [0.05, 0.1) is 34.5 Å². The Morgan fingerprint density at radius 2 is 1.90 bits per heavy atom. The van der Waals surface area contributed by atoms with E-state index in [1.165, 1.54) is 34.9 Å². The smallest absolute Gasteiger partial charge is 0.266 e. The molecule has 0 aliphatic carbocycles. The molecule has 3 aromatic carbocycles. The Labute approximate surface area is 240 Å². The Balaban J connectivity index is 1.22. The molecule has 0 spiro atoms. The molecule has 2 aliphatic rings. The van der Waals surface area contributed by atoms with Crippen LogP contribution in [0, 0.1) is 5.82 Å². The van der Waals surface area contributed by atoms with Crippen molar-refractivity contribution >= 4 is 63.5 Å². The molecule has 0 atom stereocenters. The molecule has 5 rings (SSSR count). The molecule has 0 saturated carbocycles. The Bertz CT molecular complexity index is 1480. The summed E-state index contributed by atoms with van der Waals surface area (Å²) in [5, 5.41) is 3.29. The van der Waals surface area contributed by atoms with Gasteiger partial charge in [-0.3, -0.25) is 14.5 Å². The van der Waals surface area contributed by atoms with Gasteiger partial charge in [0.15, 0.2) is 11.8 Å². The lowest BCUT2D eigenvalue weighted by Crippen LogP contribution is -2.36. The molecule has 11 heteroatoms. The van der Waals surface area contributed by atoms with Crippen molar-refractivity contribution in [1.82, 2.24) is 4.90 Å². The Hall–Kier alpha value is -3.86. The number of hydrogen-bond acceptors (Lipinski definition) is 7. The van der Waals surface area contributed by atoms with Crippen molar-refractivity contribution in [2.24, 2.45) is 4.99 Å². The van der Waals surface area contributed by atoms with E-state index in [9.17, 15) is 14.0 Å². The lowest BCUT2D eigenvalue weighted by Gasteiger charge is -2.28. The number of thioether (sulfide) groups is 1. The minimum absolute atomic E-state index is 0.0702. The number of anilines is 2. The number of rotatable bonds is 7. The molecule has 0 bridgehead atoms. The van der Waals surface area contributed by atoms with Crippen molar-refractivity contribution in [2.45, 2.75) is 0 Å². The molecule has 40 heavy (non-hydrogen) atoms. The number of carbonyl (C=O) groups is 2. The first kappa shape index (κ1) is 27.7. The van der Waals surface area contributed by atoms with Crippen molar-refractivity contribution < 1.29 is 23.5 Å². The summed E-state index contributed by atoms with van der Waals surface area (Å²) in [6.45, 7) is 2.81. The van der Waals surface area contributed by atoms with Gasteiger partial charge in [-0.1, -0.05) is 29.8 Å². The summed E-state index contributed by atoms with van der Waals surface area (Å²) in [5.41, 5.74) is 2.63. The van der Waals surface area contributed by atoms with Crippen LogP contribution in [0.3, 0.4) is 0 Å².